The molecule has 0 spiro atoms. The van der Waals surface area contributed by atoms with E-state index in [1.807, 2.05) is 6.07 Å². The highest BCUT2D eigenvalue weighted by Gasteiger charge is 2.18. The van der Waals surface area contributed by atoms with Crippen LogP contribution >= 0.6 is 11.6 Å². The fraction of sp³-hybridized carbons (Fsp3) is 0.235. The van der Waals surface area contributed by atoms with Gasteiger partial charge in [0.15, 0.2) is 0 Å². The Morgan fingerprint density at radius 3 is 2.41 bits per heavy atom. The van der Waals surface area contributed by atoms with Gasteiger partial charge in [-0.15, -0.1) is 0 Å². The zero-order chi connectivity index (χ0) is 16.1. The predicted octanol–water partition coefficient (Wildman–Crippen LogP) is 4.35. The first kappa shape index (κ1) is 16.1. The molecule has 0 aromatic heterocycles. The van der Waals surface area contributed by atoms with E-state index in [0.29, 0.717) is 28.5 Å². The lowest BCUT2D eigenvalue weighted by atomic mass is 9.92. The van der Waals surface area contributed by atoms with Gasteiger partial charge in [0.25, 0.3) is 0 Å². The van der Waals surface area contributed by atoms with E-state index in [0.717, 1.165) is 5.56 Å². The average Bonchev–Trinajstić information content (AvgIpc) is 2.52. The van der Waals surface area contributed by atoms with Gasteiger partial charge in [0.2, 0.25) is 0 Å². The summed E-state index contributed by atoms with van der Waals surface area (Å²) in [6.45, 7) is 0. The van der Waals surface area contributed by atoms with Crippen LogP contribution in [-0.2, 0) is 6.42 Å². The maximum atomic E-state index is 13.5. The van der Waals surface area contributed by atoms with Crippen LogP contribution in [0.3, 0.4) is 0 Å². The number of nitriles is 1. The lowest BCUT2D eigenvalue weighted by Gasteiger charge is -2.14. The van der Waals surface area contributed by atoms with Gasteiger partial charge in [0, 0.05) is 5.56 Å². The summed E-state index contributed by atoms with van der Waals surface area (Å²) in [4.78, 5) is 0. The molecule has 2 aromatic rings. The van der Waals surface area contributed by atoms with Crippen LogP contribution in [0.1, 0.15) is 17.0 Å². The Morgan fingerprint density at radius 1 is 1.14 bits per heavy atom. The normalized spacial score (nSPS) is 11.6. The Kier molecular flexibility index (Phi) is 5.24. The number of hydrogen-bond donors (Lipinski definition) is 0. The van der Waals surface area contributed by atoms with Crippen molar-refractivity contribution in [2.45, 2.75) is 12.3 Å². The highest BCUT2D eigenvalue weighted by molar-refractivity contribution is 6.32. The molecule has 3 nitrogen and oxygen atoms in total. The van der Waals surface area contributed by atoms with E-state index in [2.05, 4.69) is 6.07 Å². The highest BCUT2D eigenvalue weighted by Crippen LogP contribution is 2.32. The van der Waals surface area contributed by atoms with E-state index in [4.69, 9.17) is 21.1 Å². The van der Waals surface area contributed by atoms with Crippen LogP contribution < -0.4 is 9.47 Å². The molecule has 0 saturated heterocycles. The number of halogens is 2. The van der Waals surface area contributed by atoms with Gasteiger partial charge < -0.3 is 9.47 Å². The lowest BCUT2D eigenvalue weighted by molar-refractivity contribution is 0.406. The minimum Gasteiger partial charge on any atom is -0.496 e. The Balaban J connectivity index is 2.32. The van der Waals surface area contributed by atoms with Gasteiger partial charge in [-0.2, -0.15) is 5.26 Å². The molecule has 0 saturated carbocycles. The molecular weight excluding hydrogens is 305 g/mol. The van der Waals surface area contributed by atoms with Crippen LogP contribution in [0, 0.1) is 17.1 Å². The Bertz CT molecular complexity index is 712. The lowest BCUT2D eigenvalue weighted by Crippen LogP contribution is -2.04. The Hall–Kier alpha value is -2.25. The number of ether oxygens (including phenoxy) is 2. The fourth-order valence-electron chi connectivity index (χ4n) is 2.28. The number of hydrogen-bond acceptors (Lipinski definition) is 3. The second kappa shape index (κ2) is 7.15. The molecule has 2 aromatic carbocycles. The Morgan fingerprint density at radius 2 is 1.82 bits per heavy atom. The molecule has 0 N–H and O–H groups in total. The van der Waals surface area contributed by atoms with E-state index in [1.165, 1.54) is 32.4 Å². The third kappa shape index (κ3) is 3.49. The summed E-state index contributed by atoms with van der Waals surface area (Å²) in [6, 6.07) is 11.7. The summed E-state index contributed by atoms with van der Waals surface area (Å²) < 4.78 is 23.8. The minimum absolute atomic E-state index is 0.399. The van der Waals surface area contributed by atoms with E-state index in [9.17, 15) is 9.65 Å². The van der Waals surface area contributed by atoms with E-state index in [-0.39, 0.29) is 0 Å². The zero-order valence-electron chi connectivity index (χ0n) is 12.3. The third-order valence-corrected chi connectivity index (χ3v) is 3.67. The molecule has 0 amide bonds. The number of nitrogens with zero attached hydrogens (tertiary/aromatic N) is 1. The standard InChI is InChI=1S/C17H15ClFNO2/c1-21-16-6-4-13(19)9-14(16)12(10-20)7-11-3-5-17(22-2)15(18)8-11/h3-6,8-9,12H,7H2,1-2H3. The van der Waals surface area contributed by atoms with Crippen molar-refractivity contribution in [3.63, 3.8) is 0 Å². The number of methoxy groups -OCH3 is 2. The molecule has 0 fully saturated rings. The molecule has 2 rings (SSSR count). The smallest absolute Gasteiger partial charge is 0.137 e. The second-order valence-corrected chi connectivity index (χ2v) is 5.15. The summed E-state index contributed by atoms with van der Waals surface area (Å²) in [7, 11) is 3.03. The summed E-state index contributed by atoms with van der Waals surface area (Å²) in [5.41, 5.74) is 1.39. The Labute approximate surface area is 133 Å². The van der Waals surface area contributed by atoms with Crippen molar-refractivity contribution in [3.8, 4) is 17.6 Å². The minimum atomic E-state index is -0.532. The van der Waals surface area contributed by atoms with Crippen LogP contribution in [0.25, 0.3) is 0 Å². The molecule has 0 aliphatic heterocycles. The van der Waals surface area contributed by atoms with Crippen LogP contribution in [0.15, 0.2) is 36.4 Å². The SMILES string of the molecule is COc1ccc(CC(C#N)c2cc(F)ccc2OC)cc1Cl. The molecule has 1 atom stereocenters. The molecule has 114 valence electrons. The van der Waals surface area contributed by atoms with Crippen molar-refractivity contribution in [2.75, 3.05) is 14.2 Å². The molecule has 0 aliphatic carbocycles. The van der Waals surface area contributed by atoms with Crippen LogP contribution in [0.2, 0.25) is 5.02 Å². The molecule has 22 heavy (non-hydrogen) atoms. The zero-order valence-corrected chi connectivity index (χ0v) is 13.0. The molecule has 0 bridgehead atoms. The number of rotatable bonds is 5. The summed E-state index contributed by atoms with van der Waals surface area (Å²) in [5, 5.41) is 9.91. The van der Waals surface area contributed by atoms with E-state index < -0.39 is 11.7 Å². The van der Waals surface area contributed by atoms with Crippen LogP contribution in [-0.4, -0.2) is 14.2 Å². The largest absolute Gasteiger partial charge is 0.496 e. The first-order valence-corrected chi connectivity index (χ1v) is 7.02. The molecule has 1 unspecified atom stereocenters. The van der Waals surface area contributed by atoms with Crippen molar-refractivity contribution in [1.82, 2.24) is 0 Å². The summed E-state index contributed by atoms with van der Waals surface area (Å²) in [5.74, 6) is 0.133. The summed E-state index contributed by atoms with van der Waals surface area (Å²) >= 11 is 6.09. The number of benzene rings is 2. The van der Waals surface area contributed by atoms with Gasteiger partial charge in [-0.3, -0.25) is 0 Å². The molecule has 0 radical (unpaired) electrons. The maximum absolute atomic E-state index is 13.5. The van der Waals surface area contributed by atoms with Crippen molar-refractivity contribution >= 4 is 11.6 Å². The first-order valence-electron chi connectivity index (χ1n) is 6.64. The summed E-state index contributed by atoms with van der Waals surface area (Å²) in [6.07, 6.45) is 0.403. The quantitative estimate of drug-likeness (QED) is 0.823. The molecule has 0 aliphatic rings. The third-order valence-electron chi connectivity index (χ3n) is 3.38. The van der Waals surface area contributed by atoms with Gasteiger partial charge in [-0.1, -0.05) is 17.7 Å². The monoisotopic (exact) mass is 319 g/mol. The fourth-order valence-corrected chi connectivity index (χ4v) is 2.56. The van der Waals surface area contributed by atoms with Gasteiger partial charge >= 0.3 is 0 Å². The predicted molar refractivity (Wildman–Crippen MR) is 83.0 cm³/mol. The van der Waals surface area contributed by atoms with Gasteiger partial charge in [0.1, 0.15) is 17.3 Å². The van der Waals surface area contributed by atoms with Crippen molar-refractivity contribution in [1.29, 1.82) is 5.26 Å². The molecule has 0 heterocycles. The maximum Gasteiger partial charge on any atom is 0.137 e. The van der Waals surface area contributed by atoms with Crippen molar-refractivity contribution in [2.24, 2.45) is 0 Å². The van der Waals surface area contributed by atoms with Crippen molar-refractivity contribution < 1.29 is 13.9 Å². The van der Waals surface area contributed by atoms with Crippen LogP contribution in [0.4, 0.5) is 4.39 Å². The van der Waals surface area contributed by atoms with Gasteiger partial charge in [-0.05, 0) is 42.3 Å². The van der Waals surface area contributed by atoms with Crippen molar-refractivity contribution in [3.05, 3.63) is 58.4 Å². The highest BCUT2D eigenvalue weighted by atomic mass is 35.5. The topological polar surface area (TPSA) is 42.2 Å². The van der Waals surface area contributed by atoms with Gasteiger partial charge in [-0.25, -0.2) is 4.39 Å². The molecule has 5 heteroatoms. The van der Waals surface area contributed by atoms with Gasteiger partial charge in [0.05, 0.1) is 31.2 Å². The van der Waals surface area contributed by atoms with E-state index >= 15 is 0 Å². The van der Waals surface area contributed by atoms with Crippen LogP contribution in [0.5, 0.6) is 11.5 Å². The average molecular weight is 320 g/mol. The van der Waals surface area contributed by atoms with E-state index in [1.54, 1.807) is 12.1 Å². The first-order chi connectivity index (χ1) is 10.6. The molecular formula is C17H15ClFNO2. The second-order valence-electron chi connectivity index (χ2n) is 4.74.